The van der Waals surface area contributed by atoms with Crippen LogP contribution in [0.4, 0.5) is 0 Å². The smallest absolute Gasteiger partial charge is 0.312 e. The van der Waals surface area contributed by atoms with E-state index < -0.39 is 11.4 Å². The van der Waals surface area contributed by atoms with Gasteiger partial charge in [0.05, 0.1) is 18.4 Å². The molecule has 1 unspecified atom stereocenters. The van der Waals surface area contributed by atoms with Gasteiger partial charge in [-0.25, -0.2) is 0 Å². The maximum atomic E-state index is 11.9. The summed E-state index contributed by atoms with van der Waals surface area (Å²) in [6, 6.07) is 0. The lowest BCUT2D eigenvalue weighted by Gasteiger charge is -2.28. The average molecular weight is 230 g/mol. The van der Waals surface area contributed by atoms with Crippen LogP contribution in [0.5, 0.6) is 0 Å². The van der Waals surface area contributed by atoms with Crippen LogP contribution < -0.4 is 0 Å². The summed E-state index contributed by atoms with van der Waals surface area (Å²) in [5.41, 5.74) is -0.835. The van der Waals surface area contributed by atoms with Crippen LogP contribution in [0.1, 0.15) is 52.9 Å². The Labute approximate surface area is 97.0 Å². The molecule has 4 heteroatoms. The number of aliphatic carboxylic acids is 1. The molecule has 0 aromatic carbocycles. The number of hydrogen-bond acceptors (Lipinski definition) is 3. The minimum Gasteiger partial charge on any atom is -0.481 e. The monoisotopic (exact) mass is 230 g/mol. The fraction of sp³-hybridized carbons (Fsp3) is 0.833. The molecule has 0 fully saturated rings. The van der Waals surface area contributed by atoms with Crippen LogP contribution in [0.25, 0.3) is 0 Å². The Kier molecular flexibility index (Phi) is 6.77. The zero-order valence-corrected chi connectivity index (χ0v) is 10.4. The van der Waals surface area contributed by atoms with Crippen molar-refractivity contribution in [2.45, 2.75) is 52.9 Å². The van der Waals surface area contributed by atoms with Gasteiger partial charge in [-0.3, -0.25) is 9.59 Å². The molecule has 0 rings (SSSR count). The number of ether oxygens (including phenoxy) is 1. The third kappa shape index (κ3) is 4.21. The minimum absolute atomic E-state index is 0.137. The van der Waals surface area contributed by atoms with Crippen LogP contribution in [0.3, 0.4) is 0 Å². The van der Waals surface area contributed by atoms with Crippen LogP contribution in [-0.2, 0) is 14.3 Å². The Morgan fingerprint density at radius 3 is 2.25 bits per heavy atom. The first kappa shape index (κ1) is 14.9. The van der Waals surface area contributed by atoms with E-state index in [2.05, 4.69) is 0 Å². The van der Waals surface area contributed by atoms with Crippen molar-refractivity contribution in [2.24, 2.45) is 5.41 Å². The van der Waals surface area contributed by atoms with E-state index in [9.17, 15) is 9.59 Å². The van der Waals surface area contributed by atoms with Crippen molar-refractivity contribution in [2.75, 3.05) is 6.61 Å². The molecule has 0 heterocycles. The largest absolute Gasteiger partial charge is 0.481 e. The Balaban J connectivity index is 4.78. The lowest BCUT2D eigenvalue weighted by molar-refractivity contribution is -0.161. The van der Waals surface area contributed by atoms with E-state index in [0.717, 1.165) is 12.8 Å². The molecule has 4 nitrogen and oxygen atoms in total. The molecular formula is C12H22O4. The molecule has 0 saturated heterocycles. The highest BCUT2D eigenvalue weighted by molar-refractivity contribution is 5.82. The average Bonchev–Trinajstić information content (AvgIpc) is 2.24. The van der Waals surface area contributed by atoms with Gasteiger partial charge in [-0.2, -0.15) is 0 Å². The summed E-state index contributed by atoms with van der Waals surface area (Å²) in [5.74, 6) is -1.31. The number of carbonyl (C=O) groups is 2. The molecule has 0 aliphatic rings. The summed E-state index contributed by atoms with van der Waals surface area (Å²) in [5, 5.41) is 8.89. The molecule has 0 spiro atoms. The van der Waals surface area contributed by atoms with Crippen LogP contribution in [-0.4, -0.2) is 23.7 Å². The van der Waals surface area contributed by atoms with Gasteiger partial charge in [0.15, 0.2) is 0 Å². The number of unbranched alkanes of at least 4 members (excludes halogenated alkanes) is 1. The third-order valence-corrected chi connectivity index (χ3v) is 2.88. The summed E-state index contributed by atoms with van der Waals surface area (Å²) in [6.45, 7) is 5.90. The van der Waals surface area contributed by atoms with E-state index >= 15 is 0 Å². The van der Waals surface area contributed by atoms with Crippen molar-refractivity contribution in [3.05, 3.63) is 0 Å². The maximum absolute atomic E-state index is 11.9. The molecule has 0 aromatic heterocycles. The Morgan fingerprint density at radius 2 is 1.88 bits per heavy atom. The number of carbonyl (C=O) groups excluding carboxylic acids is 1. The molecular weight excluding hydrogens is 208 g/mol. The summed E-state index contributed by atoms with van der Waals surface area (Å²) < 4.78 is 4.99. The highest BCUT2D eigenvalue weighted by Crippen LogP contribution is 2.34. The Bertz CT molecular complexity index is 237. The second-order valence-electron chi connectivity index (χ2n) is 4.03. The summed E-state index contributed by atoms with van der Waals surface area (Å²) in [6.07, 6.45) is 2.76. The van der Waals surface area contributed by atoms with Crippen LogP contribution in [0.2, 0.25) is 0 Å². The molecule has 94 valence electrons. The number of carboxylic acid groups (broad SMARTS) is 1. The fourth-order valence-corrected chi connectivity index (χ4v) is 1.80. The van der Waals surface area contributed by atoms with Gasteiger partial charge in [0.2, 0.25) is 0 Å². The molecule has 1 atom stereocenters. The summed E-state index contributed by atoms with van der Waals surface area (Å²) >= 11 is 0. The molecule has 0 bridgehead atoms. The summed E-state index contributed by atoms with van der Waals surface area (Å²) in [4.78, 5) is 22.7. The lowest BCUT2D eigenvalue weighted by atomic mass is 9.77. The number of rotatable bonds is 8. The number of carboxylic acids is 1. The van der Waals surface area contributed by atoms with Gasteiger partial charge in [0, 0.05) is 0 Å². The summed E-state index contributed by atoms with van der Waals surface area (Å²) in [7, 11) is 0. The fourth-order valence-electron chi connectivity index (χ4n) is 1.80. The Hall–Kier alpha value is -1.06. The van der Waals surface area contributed by atoms with E-state index in [1.807, 2.05) is 13.8 Å². The quantitative estimate of drug-likeness (QED) is 0.651. The van der Waals surface area contributed by atoms with Crippen molar-refractivity contribution in [3.8, 4) is 0 Å². The molecule has 0 aliphatic heterocycles. The standard InChI is InChI=1S/C12H22O4/c1-4-7-8-12(5-2,9-10(13)14)11(15)16-6-3/h4-9H2,1-3H3,(H,13,14). The van der Waals surface area contributed by atoms with Gasteiger partial charge in [0.25, 0.3) is 0 Å². The van der Waals surface area contributed by atoms with Gasteiger partial charge in [0.1, 0.15) is 0 Å². The van der Waals surface area contributed by atoms with Gasteiger partial charge < -0.3 is 9.84 Å². The van der Waals surface area contributed by atoms with Crippen molar-refractivity contribution >= 4 is 11.9 Å². The van der Waals surface area contributed by atoms with E-state index in [1.165, 1.54) is 0 Å². The Morgan fingerprint density at radius 1 is 1.25 bits per heavy atom. The van der Waals surface area contributed by atoms with E-state index in [0.29, 0.717) is 19.4 Å². The molecule has 0 saturated carbocycles. The molecule has 0 amide bonds. The van der Waals surface area contributed by atoms with Crippen LogP contribution >= 0.6 is 0 Å². The van der Waals surface area contributed by atoms with E-state index in [1.54, 1.807) is 6.92 Å². The highest BCUT2D eigenvalue weighted by Gasteiger charge is 2.39. The maximum Gasteiger partial charge on any atom is 0.312 e. The first-order valence-electron chi connectivity index (χ1n) is 5.91. The van der Waals surface area contributed by atoms with Crippen LogP contribution in [0.15, 0.2) is 0 Å². The molecule has 1 N–H and O–H groups in total. The molecule has 0 aliphatic carbocycles. The minimum atomic E-state index is -0.939. The lowest BCUT2D eigenvalue weighted by Crippen LogP contribution is -2.35. The zero-order valence-electron chi connectivity index (χ0n) is 10.4. The van der Waals surface area contributed by atoms with E-state index in [-0.39, 0.29) is 12.4 Å². The first-order chi connectivity index (χ1) is 7.52. The van der Waals surface area contributed by atoms with Gasteiger partial charge in [-0.05, 0) is 19.8 Å². The van der Waals surface area contributed by atoms with Gasteiger partial charge >= 0.3 is 11.9 Å². The van der Waals surface area contributed by atoms with E-state index in [4.69, 9.17) is 9.84 Å². The van der Waals surface area contributed by atoms with Crippen molar-refractivity contribution in [1.29, 1.82) is 0 Å². The molecule has 16 heavy (non-hydrogen) atoms. The third-order valence-electron chi connectivity index (χ3n) is 2.88. The predicted molar refractivity (Wildman–Crippen MR) is 61.1 cm³/mol. The molecule has 0 aromatic rings. The normalized spacial score (nSPS) is 14.2. The SMILES string of the molecule is CCCCC(CC)(CC(=O)O)C(=O)OCC. The van der Waals surface area contributed by atoms with Gasteiger partial charge in [-0.1, -0.05) is 26.7 Å². The number of hydrogen-bond donors (Lipinski definition) is 1. The van der Waals surface area contributed by atoms with Gasteiger partial charge in [-0.15, -0.1) is 0 Å². The second kappa shape index (κ2) is 7.25. The van der Waals surface area contributed by atoms with Crippen molar-refractivity contribution in [3.63, 3.8) is 0 Å². The zero-order chi connectivity index (χ0) is 12.6. The van der Waals surface area contributed by atoms with Crippen molar-refractivity contribution < 1.29 is 19.4 Å². The second-order valence-corrected chi connectivity index (χ2v) is 4.03. The van der Waals surface area contributed by atoms with Crippen molar-refractivity contribution in [1.82, 2.24) is 0 Å². The van der Waals surface area contributed by atoms with Crippen LogP contribution in [0, 0.1) is 5.41 Å². The molecule has 0 radical (unpaired) electrons. The predicted octanol–water partition coefficient (Wildman–Crippen LogP) is 2.61. The first-order valence-corrected chi connectivity index (χ1v) is 5.91. The topological polar surface area (TPSA) is 63.6 Å². The number of esters is 1. The highest BCUT2D eigenvalue weighted by atomic mass is 16.5.